The number of carbonyl (C=O) groups excluding carboxylic acids is 1. The second-order valence-electron chi connectivity index (χ2n) is 11.2. The minimum Gasteiger partial charge on any atom is -0.494 e. The van der Waals surface area contributed by atoms with Gasteiger partial charge in [-0.1, -0.05) is 19.3 Å². The monoisotopic (exact) mass is 633 g/mol. The molecule has 1 amide bonds. The van der Waals surface area contributed by atoms with E-state index in [1.807, 2.05) is 4.90 Å². The molecule has 14 heteroatoms. The standard InChI is InChI=1S/C31H48FN7O6/c1-42-27-10-9-24(20-26(27)32)35-31-37-29(33-21-23-6-3-2-4-7-23)36-30(38-31)34-22-25-8-5-12-39(25)28(41)11-14-43-16-18-45-19-17-44-15-13-40/h9-10,20,23,25,40H,2-8,11-19,21-22H2,1H3,(H3,33,34,35,36,37,38). The Morgan fingerprint density at radius 3 is 2.24 bits per heavy atom. The number of anilines is 4. The van der Waals surface area contributed by atoms with Crippen LogP contribution < -0.4 is 20.7 Å². The van der Waals surface area contributed by atoms with Gasteiger partial charge in [-0.3, -0.25) is 4.79 Å². The van der Waals surface area contributed by atoms with Crippen LogP contribution in [-0.4, -0.2) is 110 Å². The number of hydrogen-bond acceptors (Lipinski definition) is 12. The van der Waals surface area contributed by atoms with Crippen LogP contribution in [-0.2, 0) is 19.0 Å². The molecule has 2 aliphatic rings. The molecule has 1 aromatic heterocycles. The summed E-state index contributed by atoms with van der Waals surface area (Å²) < 4.78 is 35.5. The summed E-state index contributed by atoms with van der Waals surface area (Å²) in [4.78, 5) is 28.6. The van der Waals surface area contributed by atoms with E-state index in [2.05, 4.69) is 30.9 Å². The Hall–Kier alpha value is -3.33. The highest BCUT2D eigenvalue weighted by Crippen LogP contribution is 2.26. The normalized spacial score (nSPS) is 17.0. The second kappa shape index (κ2) is 19.2. The summed E-state index contributed by atoms with van der Waals surface area (Å²) in [5, 5.41) is 18.5. The summed E-state index contributed by atoms with van der Waals surface area (Å²) in [6.45, 7) is 4.25. The molecule has 1 saturated heterocycles. The fourth-order valence-electron chi connectivity index (χ4n) is 5.58. The number of halogens is 1. The highest BCUT2D eigenvalue weighted by Gasteiger charge is 2.28. The molecule has 13 nitrogen and oxygen atoms in total. The number of nitrogens with one attached hydrogen (secondary N) is 3. The third-order valence-corrected chi connectivity index (χ3v) is 7.95. The van der Waals surface area contributed by atoms with Crippen LogP contribution in [0.5, 0.6) is 5.75 Å². The van der Waals surface area contributed by atoms with E-state index in [1.54, 1.807) is 12.1 Å². The van der Waals surface area contributed by atoms with Crippen molar-refractivity contribution in [2.75, 3.05) is 88.9 Å². The number of methoxy groups -OCH3 is 1. The van der Waals surface area contributed by atoms with Gasteiger partial charge in [-0.05, 0) is 43.7 Å². The Morgan fingerprint density at radius 1 is 0.889 bits per heavy atom. The fraction of sp³-hybridized carbons (Fsp3) is 0.677. The number of likely N-dealkylation sites (tertiary alicyclic amines) is 1. The molecule has 0 radical (unpaired) electrons. The van der Waals surface area contributed by atoms with Gasteiger partial charge in [0.05, 0.1) is 59.8 Å². The second-order valence-corrected chi connectivity index (χ2v) is 11.2. The molecule has 1 atom stereocenters. The number of ether oxygens (including phenoxy) is 4. The van der Waals surface area contributed by atoms with Gasteiger partial charge in [0.2, 0.25) is 23.8 Å². The number of aliphatic hydroxyl groups is 1. The average molecular weight is 634 g/mol. The first-order valence-electron chi connectivity index (χ1n) is 16.0. The first-order valence-corrected chi connectivity index (χ1v) is 16.0. The third kappa shape index (κ3) is 11.8. The maximum Gasteiger partial charge on any atom is 0.233 e. The Morgan fingerprint density at radius 2 is 1.56 bits per heavy atom. The number of hydrogen-bond donors (Lipinski definition) is 4. The lowest BCUT2D eigenvalue weighted by Gasteiger charge is -2.25. The molecule has 4 rings (SSSR count). The largest absolute Gasteiger partial charge is 0.494 e. The van der Waals surface area contributed by atoms with Crippen LogP contribution in [0.4, 0.5) is 27.9 Å². The topological polar surface area (TPSA) is 152 Å². The van der Waals surface area contributed by atoms with E-state index >= 15 is 0 Å². The van der Waals surface area contributed by atoms with Gasteiger partial charge < -0.3 is 44.9 Å². The lowest BCUT2D eigenvalue weighted by Crippen LogP contribution is -2.40. The molecule has 250 valence electrons. The molecule has 2 heterocycles. The van der Waals surface area contributed by atoms with Gasteiger partial charge in [-0.25, -0.2) is 4.39 Å². The van der Waals surface area contributed by atoms with Gasteiger partial charge in [0.15, 0.2) is 11.6 Å². The molecule has 1 aliphatic heterocycles. The first kappa shape index (κ1) is 34.5. The van der Waals surface area contributed by atoms with Gasteiger partial charge in [-0.15, -0.1) is 0 Å². The average Bonchev–Trinajstić information content (AvgIpc) is 3.53. The van der Waals surface area contributed by atoms with Crippen molar-refractivity contribution in [1.82, 2.24) is 19.9 Å². The summed E-state index contributed by atoms with van der Waals surface area (Å²) in [6, 6.07) is 4.58. The smallest absolute Gasteiger partial charge is 0.233 e. The molecule has 0 bridgehead atoms. The summed E-state index contributed by atoms with van der Waals surface area (Å²) >= 11 is 0. The van der Waals surface area contributed by atoms with Gasteiger partial charge in [-0.2, -0.15) is 15.0 Å². The van der Waals surface area contributed by atoms with E-state index in [9.17, 15) is 9.18 Å². The quantitative estimate of drug-likeness (QED) is 0.158. The first-order chi connectivity index (χ1) is 22.1. The van der Waals surface area contributed by atoms with E-state index in [4.69, 9.17) is 24.1 Å². The summed E-state index contributed by atoms with van der Waals surface area (Å²) in [5.41, 5.74) is 0.483. The summed E-state index contributed by atoms with van der Waals surface area (Å²) in [7, 11) is 1.42. The maximum atomic E-state index is 14.3. The van der Waals surface area contributed by atoms with Crippen LogP contribution in [0, 0.1) is 11.7 Å². The van der Waals surface area contributed by atoms with Crippen LogP contribution in [0.15, 0.2) is 18.2 Å². The zero-order chi connectivity index (χ0) is 31.7. The Bertz CT molecular complexity index is 1170. The molecule has 45 heavy (non-hydrogen) atoms. The zero-order valence-corrected chi connectivity index (χ0v) is 26.3. The molecule has 1 saturated carbocycles. The van der Waals surface area contributed by atoms with Crippen molar-refractivity contribution in [1.29, 1.82) is 0 Å². The predicted octanol–water partition coefficient (Wildman–Crippen LogP) is 3.59. The van der Waals surface area contributed by atoms with Crippen LogP contribution >= 0.6 is 0 Å². The van der Waals surface area contributed by atoms with Crippen molar-refractivity contribution in [3.63, 3.8) is 0 Å². The molecule has 1 aliphatic carbocycles. The van der Waals surface area contributed by atoms with Crippen molar-refractivity contribution in [2.24, 2.45) is 5.92 Å². The van der Waals surface area contributed by atoms with Crippen molar-refractivity contribution < 1.29 is 33.2 Å². The van der Waals surface area contributed by atoms with Gasteiger partial charge in [0, 0.05) is 37.4 Å². The summed E-state index contributed by atoms with van der Waals surface area (Å²) in [6.07, 6.45) is 8.24. The third-order valence-electron chi connectivity index (χ3n) is 7.95. The highest BCUT2D eigenvalue weighted by atomic mass is 19.1. The lowest BCUT2D eigenvalue weighted by molar-refractivity contribution is -0.133. The molecule has 1 aromatic carbocycles. The number of rotatable bonds is 20. The molecule has 2 fully saturated rings. The number of aliphatic hydroxyl groups excluding tert-OH is 1. The van der Waals surface area contributed by atoms with Crippen LogP contribution in [0.2, 0.25) is 0 Å². The van der Waals surface area contributed by atoms with Crippen molar-refractivity contribution in [3.05, 3.63) is 24.0 Å². The zero-order valence-electron chi connectivity index (χ0n) is 26.3. The molecule has 0 spiro atoms. The number of nitrogens with zero attached hydrogens (tertiary/aromatic N) is 4. The Balaban J connectivity index is 1.29. The SMILES string of the molecule is COc1ccc(Nc2nc(NCC3CCCCC3)nc(NCC3CCCN3C(=O)CCOCCOCCOCCO)n2)cc1F. The van der Waals surface area contributed by atoms with E-state index in [0.29, 0.717) is 82.7 Å². The van der Waals surface area contributed by atoms with Crippen LogP contribution in [0.1, 0.15) is 51.4 Å². The number of amides is 1. The molecule has 4 N–H and O–H groups in total. The maximum absolute atomic E-state index is 14.3. The number of benzene rings is 1. The Labute approximate surface area is 264 Å². The fourth-order valence-corrected chi connectivity index (χ4v) is 5.58. The molecular formula is C31H48FN7O6. The van der Waals surface area contributed by atoms with Crippen molar-refractivity contribution in [3.8, 4) is 5.75 Å². The number of carbonyl (C=O) groups is 1. The van der Waals surface area contributed by atoms with E-state index in [0.717, 1.165) is 19.4 Å². The minimum absolute atomic E-state index is 0.00209. The van der Waals surface area contributed by atoms with Gasteiger partial charge in [0.25, 0.3) is 0 Å². The lowest BCUT2D eigenvalue weighted by atomic mass is 9.89. The van der Waals surface area contributed by atoms with Crippen molar-refractivity contribution in [2.45, 2.75) is 57.4 Å². The molecular weight excluding hydrogens is 585 g/mol. The van der Waals surface area contributed by atoms with Gasteiger partial charge >= 0.3 is 0 Å². The minimum atomic E-state index is -0.490. The van der Waals surface area contributed by atoms with Crippen LogP contribution in [0.3, 0.4) is 0 Å². The number of aromatic nitrogens is 3. The van der Waals surface area contributed by atoms with E-state index < -0.39 is 5.82 Å². The molecule has 1 unspecified atom stereocenters. The van der Waals surface area contributed by atoms with E-state index in [-0.39, 0.29) is 30.3 Å². The highest BCUT2D eigenvalue weighted by molar-refractivity contribution is 5.77. The van der Waals surface area contributed by atoms with E-state index in [1.165, 1.54) is 45.3 Å². The summed E-state index contributed by atoms with van der Waals surface area (Å²) in [5.74, 6) is 1.38. The molecule has 2 aromatic rings. The van der Waals surface area contributed by atoms with Crippen LogP contribution in [0.25, 0.3) is 0 Å². The Kier molecular flexibility index (Phi) is 14.8. The predicted molar refractivity (Wildman–Crippen MR) is 169 cm³/mol. The van der Waals surface area contributed by atoms with Gasteiger partial charge in [0.1, 0.15) is 0 Å². The van der Waals surface area contributed by atoms with Crippen molar-refractivity contribution >= 4 is 29.4 Å².